The molecule has 2 N–H and O–H groups in total. The number of carbonyl (C=O) groups is 1. The fourth-order valence-electron chi connectivity index (χ4n) is 3.74. The maximum atomic E-state index is 12.6. The third-order valence-electron chi connectivity index (χ3n) is 5.06. The van der Waals surface area contributed by atoms with Crippen molar-refractivity contribution in [3.63, 3.8) is 0 Å². The number of hydrogen-bond donors (Lipinski definition) is 2. The second-order valence-corrected chi connectivity index (χ2v) is 7.24. The number of aliphatic hydroxyl groups excluding tert-OH is 1. The van der Waals surface area contributed by atoms with Crippen LogP contribution in [0.3, 0.4) is 0 Å². The number of nitrogens with one attached hydrogen (secondary N) is 1. The van der Waals surface area contributed by atoms with Gasteiger partial charge in [-0.2, -0.15) is 0 Å². The van der Waals surface area contributed by atoms with Gasteiger partial charge in [-0.05, 0) is 49.9 Å². The molecule has 0 aromatic heterocycles. The summed E-state index contributed by atoms with van der Waals surface area (Å²) in [5.74, 6) is 0.860. The van der Waals surface area contributed by atoms with E-state index in [1.807, 2.05) is 0 Å². The summed E-state index contributed by atoms with van der Waals surface area (Å²) in [6, 6.07) is 0. The normalized spacial score (nSPS) is 23.6. The first-order valence-electron chi connectivity index (χ1n) is 7.91. The topological polar surface area (TPSA) is 49.3 Å². The van der Waals surface area contributed by atoms with Crippen LogP contribution in [0.25, 0.3) is 0 Å². The number of amides is 1. The summed E-state index contributed by atoms with van der Waals surface area (Å²) in [5.41, 5.74) is 0.130. The highest BCUT2D eigenvalue weighted by Crippen LogP contribution is 2.49. The van der Waals surface area contributed by atoms with E-state index in [1.165, 1.54) is 12.8 Å². The van der Waals surface area contributed by atoms with Crippen molar-refractivity contribution < 1.29 is 9.90 Å². The Morgan fingerprint density at radius 3 is 2.32 bits per heavy atom. The van der Waals surface area contributed by atoms with E-state index in [1.54, 1.807) is 0 Å². The van der Waals surface area contributed by atoms with E-state index < -0.39 is 0 Å². The van der Waals surface area contributed by atoms with Crippen molar-refractivity contribution in [1.82, 2.24) is 5.32 Å². The first kappa shape index (κ1) is 14.8. The molecule has 0 atom stereocenters. The summed E-state index contributed by atoms with van der Waals surface area (Å²) >= 11 is 0. The van der Waals surface area contributed by atoms with Crippen molar-refractivity contribution in [2.24, 2.45) is 16.7 Å². The second kappa shape index (κ2) is 5.82. The third-order valence-corrected chi connectivity index (χ3v) is 5.06. The Morgan fingerprint density at radius 1 is 1.21 bits per heavy atom. The average Bonchev–Trinajstić information content (AvgIpc) is 2.95. The van der Waals surface area contributed by atoms with E-state index in [0.29, 0.717) is 5.92 Å². The van der Waals surface area contributed by atoms with Crippen molar-refractivity contribution in [2.75, 3.05) is 13.2 Å². The van der Waals surface area contributed by atoms with Crippen LogP contribution in [0.15, 0.2) is 0 Å². The minimum atomic E-state index is -0.0938. The van der Waals surface area contributed by atoms with Crippen molar-refractivity contribution in [2.45, 2.75) is 65.2 Å². The molecule has 110 valence electrons. The first-order valence-corrected chi connectivity index (χ1v) is 7.91. The number of rotatable bonds is 7. The minimum absolute atomic E-state index is 0.0938. The standard InChI is InChI=1S/C16H29NO2/c1-13(2)11-16(5-3-4-6-16)14(19)17-12-15(7-8-15)9-10-18/h13,18H,3-12H2,1-2H3,(H,17,19). The van der Waals surface area contributed by atoms with Crippen LogP contribution in [0.1, 0.15) is 65.2 Å². The van der Waals surface area contributed by atoms with Gasteiger partial charge in [0.25, 0.3) is 0 Å². The van der Waals surface area contributed by atoms with E-state index in [0.717, 1.165) is 45.1 Å². The van der Waals surface area contributed by atoms with Crippen molar-refractivity contribution in [1.29, 1.82) is 0 Å². The molecule has 2 rings (SSSR count). The van der Waals surface area contributed by atoms with Crippen LogP contribution in [0.5, 0.6) is 0 Å². The third kappa shape index (κ3) is 3.50. The maximum absolute atomic E-state index is 12.6. The highest BCUT2D eigenvalue weighted by Gasteiger charge is 2.45. The van der Waals surface area contributed by atoms with Gasteiger partial charge in [0.1, 0.15) is 0 Å². The van der Waals surface area contributed by atoms with Crippen LogP contribution in [0, 0.1) is 16.7 Å². The fourth-order valence-corrected chi connectivity index (χ4v) is 3.74. The smallest absolute Gasteiger partial charge is 0.226 e. The number of hydrogen-bond acceptors (Lipinski definition) is 2. The molecular weight excluding hydrogens is 238 g/mol. The van der Waals surface area contributed by atoms with Gasteiger partial charge in [0.15, 0.2) is 0 Å². The highest BCUT2D eigenvalue weighted by molar-refractivity contribution is 5.83. The quantitative estimate of drug-likeness (QED) is 0.745. The van der Waals surface area contributed by atoms with Crippen LogP contribution in [0.2, 0.25) is 0 Å². The summed E-state index contributed by atoms with van der Waals surface area (Å²) in [6.45, 7) is 5.43. The fraction of sp³-hybridized carbons (Fsp3) is 0.938. The van der Waals surface area contributed by atoms with E-state index in [4.69, 9.17) is 5.11 Å². The molecule has 2 saturated carbocycles. The predicted octanol–water partition coefficient (Wildman–Crippen LogP) is 2.87. The lowest BCUT2D eigenvalue weighted by Gasteiger charge is -2.30. The minimum Gasteiger partial charge on any atom is -0.396 e. The molecule has 1 amide bonds. The molecule has 0 bridgehead atoms. The molecule has 3 heteroatoms. The zero-order chi connectivity index (χ0) is 13.9. The molecule has 2 aliphatic carbocycles. The zero-order valence-corrected chi connectivity index (χ0v) is 12.5. The van der Waals surface area contributed by atoms with Gasteiger partial charge in [0.05, 0.1) is 0 Å². The molecule has 0 heterocycles. The molecule has 0 aromatic carbocycles. The van der Waals surface area contributed by atoms with E-state index >= 15 is 0 Å². The molecule has 0 saturated heterocycles. The van der Waals surface area contributed by atoms with E-state index in [2.05, 4.69) is 19.2 Å². The second-order valence-electron chi connectivity index (χ2n) is 7.24. The Morgan fingerprint density at radius 2 is 1.84 bits per heavy atom. The molecule has 0 aromatic rings. The lowest BCUT2D eigenvalue weighted by molar-refractivity contribution is -0.132. The van der Waals surface area contributed by atoms with Crippen LogP contribution in [-0.4, -0.2) is 24.2 Å². The Balaban J connectivity index is 1.89. The molecule has 19 heavy (non-hydrogen) atoms. The number of carbonyl (C=O) groups excluding carboxylic acids is 1. The Hall–Kier alpha value is -0.570. The SMILES string of the molecule is CC(C)CC1(C(=O)NCC2(CCO)CC2)CCCC1. The summed E-state index contributed by atoms with van der Waals surface area (Å²) in [5, 5.41) is 12.3. The first-order chi connectivity index (χ1) is 9.02. The molecule has 0 unspecified atom stereocenters. The van der Waals surface area contributed by atoms with Gasteiger partial charge in [0, 0.05) is 18.6 Å². The van der Waals surface area contributed by atoms with E-state index in [9.17, 15) is 4.79 Å². The number of aliphatic hydroxyl groups is 1. The summed E-state index contributed by atoms with van der Waals surface area (Å²) in [6.07, 6.45) is 8.68. The predicted molar refractivity (Wildman–Crippen MR) is 76.7 cm³/mol. The van der Waals surface area contributed by atoms with Crippen LogP contribution in [0.4, 0.5) is 0 Å². The van der Waals surface area contributed by atoms with Gasteiger partial charge in [0.2, 0.25) is 5.91 Å². The van der Waals surface area contributed by atoms with Crippen LogP contribution in [-0.2, 0) is 4.79 Å². The lowest BCUT2D eigenvalue weighted by Crippen LogP contribution is -2.42. The molecule has 3 nitrogen and oxygen atoms in total. The van der Waals surface area contributed by atoms with Gasteiger partial charge in [-0.15, -0.1) is 0 Å². The lowest BCUT2D eigenvalue weighted by atomic mass is 9.77. The highest BCUT2D eigenvalue weighted by atomic mass is 16.3. The molecular formula is C16H29NO2. The molecule has 2 aliphatic rings. The molecule has 0 radical (unpaired) electrons. The van der Waals surface area contributed by atoms with Crippen LogP contribution >= 0.6 is 0 Å². The van der Waals surface area contributed by atoms with Crippen molar-refractivity contribution in [3.8, 4) is 0 Å². The summed E-state index contributed by atoms with van der Waals surface area (Å²) in [7, 11) is 0. The van der Waals surface area contributed by atoms with Crippen molar-refractivity contribution in [3.05, 3.63) is 0 Å². The Kier molecular flexibility index (Phi) is 4.54. The van der Waals surface area contributed by atoms with Gasteiger partial charge in [-0.1, -0.05) is 26.7 Å². The zero-order valence-electron chi connectivity index (χ0n) is 12.5. The van der Waals surface area contributed by atoms with Gasteiger partial charge in [-0.3, -0.25) is 4.79 Å². The van der Waals surface area contributed by atoms with E-state index in [-0.39, 0.29) is 23.3 Å². The van der Waals surface area contributed by atoms with Crippen LogP contribution < -0.4 is 5.32 Å². The average molecular weight is 267 g/mol. The monoisotopic (exact) mass is 267 g/mol. The van der Waals surface area contributed by atoms with Gasteiger partial charge >= 0.3 is 0 Å². The largest absolute Gasteiger partial charge is 0.396 e. The Bertz CT molecular complexity index is 315. The molecule has 0 aliphatic heterocycles. The molecule has 0 spiro atoms. The molecule has 2 fully saturated rings. The van der Waals surface area contributed by atoms with Gasteiger partial charge < -0.3 is 10.4 Å². The maximum Gasteiger partial charge on any atom is 0.226 e. The van der Waals surface area contributed by atoms with Crippen molar-refractivity contribution >= 4 is 5.91 Å². The summed E-state index contributed by atoms with van der Waals surface area (Å²) < 4.78 is 0. The van der Waals surface area contributed by atoms with Gasteiger partial charge in [-0.25, -0.2) is 0 Å². The summed E-state index contributed by atoms with van der Waals surface area (Å²) in [4.78, 5) is 12.6. The Labute approximate surface area is 117 Å².